The van der Waals surface area contributed by atoms with E-state index < -0.39 is 0 Å². The molecule has 0 aliphatic heterocycles. The highest BCUT2D eigenvalue weighted by molar-refractivity contribution is 7.80. The zero-order valence-corrected chi connectivity index (χ0v) is 14.2. The van der Waals surface area contributed by atoms with E-state index in [2.05, 4.69) is 36.9 Å². The Balaban J connectivity index is 4.46. The summed E-state index contributed by atoms with van der Waals surface area (Å²) in [4.78, 5) is 11.0. The van der Waals surface area contributed by atoms with E-state index in [1.54, 1.807) is 27.8 Å². The van der Waals surface area contributed by atoms with Crippen LogP contribution in [0.5, 0.6) is 0 Å². The molecule has 0 saturated heterocycles. The summed E-state index contributed by atoms with van der Waals surface area (Å²) in [6, 6.07) is 0. The molecule has 0 aliphatic rings. The number of carbonyl (C=O) groups is 1. The fourth-order valence-corrected chi connectivity index (χ4v) is 0.862. The molecule has 0 unspecified atom stereocenters. The zero-order valence-electron chi connectivity index (χ0n) is 12.6. The molecule has 0 fully saturated rings. The van der Waals surface area contributed by atoms with Crippen molar-refractivity contribution in [3.05, 3.63) is 0 Å². The van der Waals surface area contributed by atoms with Gasteiger partial charge in [-0.05, 0) is 45.2 Å². The number of hydrazone groups is 3. The quantitative estimate of drug-likeness (QED) is 0.326. The van der Waals surface area contributed by atoms with E-state index >= 15 is 0 Å². The van der Waals surface area contributed by atoms with E-state index in [9.17, 15) is 4.79 Å². The van der Waals surface area contributed by atoms with Crippen LogP contribution in [0.25, 0.3) is 0 Å². The first-order valence-electron chi connectivity index (χ1n) is 5.95. The largest absolute Gasteiger partial charge is 0.364 e. The maximum Gasteiger partial charge on any atom is 0.207 e. The van der Waals surface area contributed by atoms with Crippen LogP contribution in [-0.2, 0) is 4.79 Å². The predicted molar refractivity (Wildman–Crippen MR) is 93.7 cm³/mol. The van der Waals surface area contributed by atoms with Crippen LogP contribution in [0, 0.1) is 0 Å². The molecule has 0 aliphatic carbocycles. The van der Waals surface area contributed by atoms with Crippen LogP contribution in [0.4, 0.5) is 0 Å². The first kappa shape index (κ1) is 19.1. The monoisotopic (exact) mass is 329 g/mol. The SMILES string of the molecule is CNC(=S)N/N=C(C)/C(C)=N/NC(=S)N/N=C(\C)C(C)=O. The summed E-state index contributed by atoms with van der Waals surface area (Å²) < 4.78 is 0. The van der Waals surface area contributed by atoms with Crippen LogP contribution in [0.1, 0.15) is 27.7 Å². The molecule has 0 aromatic carbocycles. The molecule has 21 heavy (non-hydrogen) atoms. The number of nitrogens with zero attached hydrogens (tertiary/aromatic N) is 3. The van der Waals surface area contributed by atoms with Gasteiger partial charge in [-0.3, -0.25) is 21.1 Å². The molecule has 0 atom stereocenters. The molecule has 116 valence electrons. The van der Waals surface area contributed by atoms with Gasteiger partial charge >= 0.3 is 0 Å². The lowest BCUT2D eigenvalue weighted by Gasteiger charge is -2.05. The topological polar surface area (TPSA) is 102 Å². The number of nitrogens with one attached hydrogen (secondary N) is 4. The highest BCUT2D eigenvalue weighted by Gasteiger charge is 2.00. The lowest BCUT2D eigenvalue weighted by molar-refractivity contribution is -0.111. The van der Waals surface area contributed by atoms with Gasteiger partial charge in [0, 0.05) is 14.0 Å². The lowest BCUT2D eigenvalue weighted by atomic mass is 10.3. The summed E-state index contributed by atoms with van der Waals surface area (Å²) in [7, 11) is 1.69. The van der Waals surface area contributed by atoms with E-state index in [0.717, 1.165) is 0 Å². The fraction of sp³-hybridized carbons (Fsp3) is 0.455. The number of carbonyl (C=O) groups excluding carboxylic acids is 1. The van der Waals surface area contributed by atoms with Gasteiger partial charge in [0.15, 0.2) is 10.9 Å². The van der Waals surface area contributed by atoms with Gasteiger partial charge in [-0.2, -0.15) is 15.3 Å². The molecular formula is C11H19N7OS2. The van der Waals surface area contributed by atoms with Gasteiger partial charge in [-0.15, -0.1) is 0 Å². The molecule has 8 nitrogen and oxygen atoms in total. The third kappa shape index (κ3) is 8.76. The molecule has 0 heterocycles. The predicted octanol–water partition coefficient (Wildman–Crippen LogP) is 0.261. The molecular weight excluding hydrogens is 310 g/mol. The summed E-state index contributed by atoms with van der Waals surface area (Å²) in [5.74, 6) is -0.139. The van der Waals surface area contributed by atoms with Crippen molar-refractivity contribution in [2.75, 3.05) is 7.05 Å². The zero-order chi connectivity index (χ0) is 16.4. The minimum absolute atomic E-state index is 0.139. The smallest absolute Gasteiger partial charge is 0.207 e. The van der Waals surface area contributed by atoms with Gasteiger partial charge in [-0.1, -0.05) is 0 Å². The number of hydrogen-bond donors (Lipinski definition) is 4. The van der Waals surface area contributed by atoms with Crippen molar-refractivity contribution in [1.29, 1.82) is 0 Å². The average molecular weight is 329 g/mol. The normalized spacial score (nSPS) is 12.5. The number of ketones is 1. The molecule has 4 N–H and O–H groups in total. The first-order chi connectivity index (χ1) is 9.77. The molecule has 0 radical (unpaired) electrons. The van der Waals surface area contributed by atoms with E-state index in [1.165, 1.54) is 6.92 Å². The van der Waals surface area contributed by atoms with Gasteiger partial charge in [0.2, 0.25) is 5.11 Å². The van der Waals surface area contributed by atoms with Crippen molar-refractivity contribution in [2.45, 2.75) is 27.7 Å². The molecule has 0 saturated carbocycles. The molecule has 0 spiro atoms. The highest BCUT2D eigenvalue weighted by atomic mass is 32.1. The molecule has 0 rings (SSSR count). The standard InChI is InChI=1S/C11H19N7OS2/c1-6(13-16-10(20)12-5)7(2)14-17-11(21)18-15-8(3)9(4)19/h1-5H3,(H2,12,16,20)(H2,17,18,21)/b13-6+,14-7+,15-8+. The lowest BCUT2D eigenvalue weighted by Crippen LogP contribution is -2.32. The minimum atomic E-state index is -0.139. The van der Waals surface area contributed by atoms with Crippen LogP contribution in [0.15, 0.2) is 15.3 Å². The average Bonchev–Trinajstić information content (AvgIpc) is 2.46. The summed E-state index contributed by atoms with van der Waals surface area (Å²) in [5, 5.41) is 15.1. The second kappa shape index (κ2) is 9.88. The molecule has 0 amide bonds. The van der Waals surface area contributed by atoms with Gasteiger partial charge in [0.25, 0.3) is 0 Å². The van der Waals surface area contributed by atoms with Gasteiger partial charge in [0.1, 0.15) is 5.71 Å². The van der Waals surface area contributed by atoms with Crippen LogP contribution >= 0.6 is 24.4 Å². The van der Waals surface area contributed by atoms with Crippen LogP contribution in [-0.4, -0.2) is 40.2 Å². The van der Waals surface area contributed by atoms with Gasteiger partial charge in [-0.25, -0.2) is 0 Å². The number of rotatable bonds is 5. The number of hydrogen-bond acceptors (Lipinski definition) is 6. The van der Waals surface area contributed by atoms with Crippen molar-refractivity contribution in [3.8, 4) is 0 Å². The van der Waals surface area contributed by atoms with E-state index in [0.29, 0.717) is 22.2 Å². The van der Waals surface area contributed by atoms with Gasteiger partial charge in [0.05, 0.1) is 11.4 Å². The van der Waals surface area contributed by atoms with Crippen molar-refractivity contribution in [2.24, 2.45) is 15.3 Å². The van der Waals surface area contributed by atoms with Crippen molar-refractivity contribution in [1.82, 2.24) is 21.6 Å². The molecule has 0 bridgehead atoms. The summed E-state index contributed by atoms with van der Waals surface area (Å²) in [5.41, 5.74) is 9.31. The summed E-state index contributed by atoms with van der Waals surface area (Å²) >= 11 is 9.84. The van der Waals surface area contributed by atoms with Crippen molar-refractivity contribution < 1.29 is 4.79 Å². The third-order valence-corrected chi connectivity index (χ3v) is 2.71. The Morgan fingerprint density at radius 2 is 1.14 bits per heavy atom. The number of Topliss-reactive ketones (excluding diaryl/α,β-unsaturated/α-hetero) is 1. The van der Waals surface area contributed by atoms with Crippen LogP contribution in [0.2, 0.25) is 0 Å². The third-order valence-electron chi connectivity index (χ3n) is 2.24. The van der Waals surface area contributed by atoms with Crippen molar-refractivity contribution in [3.63, 3.8) is 0 Å². The Morgan fingerprint density at radius 3 is 1.52 bits per heavy atom. The van der Waals surface area contributed by atoms with E-state index in [1.807, 2.05) is 0 Å². The Bertz CT molecular complexity index is 511. The number of thiocarbonyl (C=S) groups is 2. The maximum atomic E-state index is 11.0. The van der Waals surface area contributed by atoms with Crippen molar-refractivity contribution >= 4 is 57.6 Å². The van der Waals surface area contributed by atoms with E-state index in [4.69, 9.17) is 24.4 Å². The van der Waals surface area contributed by atoms with Crippen LogP contribution < -0.4 is 21.6 Å². The summed E-state index contributed by atoms with van der Waals surface area (Å²) in [6.07, 6.45) is 0. The highest BCUT2D eigenvalue weighted by Crippen LogP contribution is 1.83. The molecule has 10 heteroatoms. The maximum absolute atomic E-state index is 11.0. The van der Waals surface area contributed by atoms with Crippen LogP contribution in [0.3, 0.4) is 0 Å². The van der Waals surface area contributed by atoms with E-state index in [-0.39, 0.29) is 10.9 Å². The Kier molecular flexibility index (Phi) is 8.97. The molecule has 0 aromatic heterocycles. The fourth-order valence-electron chi connectivity index (χ4n) is 0.725. The Morgan fingerprint density at radius 1 is 0.762 bits per heavy atom. The first-order valence-corrected chi connectivity index (χ1v) is 6.77. The second-order valence-electron chi connectivity index (χ2n) is 3.89. The molecule has 0 aromatic rings. The minimum Gasteiger partial charge on any atom is -0.364 e. The summed E-state index contributed by atoms with van der Waals surface area (Å²) in [6.45, 7) is 6.52. The Hall–Kier alpha value is -1.94. The van der Waals surface area contributed by atoms with Gasteiger partial charge < -0.3 is 5.32 Å². The second-order valence-corrected chi connectivity index (χ2v) is 4.71. The Labute approximate surface area is 134 Å².